The fraction of sp³-hybridized carbons (Fsp3) is 0.500. The summed E-state index contributed by atoms with van der Waals surface area (Å²) in [5.74, 6) is -0.548. The number of amides is 2. The molecule has 172 valence electrons. The highest BCUT2D eigenvalue weighted by molar-refractivity contribution is 5.95. The van der Waals surface area contributed by atoms with E-state index >= 15 is 0 Å². The topological polar surface area (TPSA) is 115 Å². The summed E-state index contributed by atoms with van der Waals surface area (Å²) in [4.78, 5) is 39.4. The largest absolute Gasteiger partial charge is 0.497 e. The molecule has 3 saturated heterocycles. The molecule has 1 aromatic carbocycles. The molecule has 3 fully saturated rings. The van der Waals surface area contributed by atoms with E-state index in [0.717, 1.165) is 16.0 Å². The number of hydrogen-bond donors (Lipinski definition) is 1. The van der Waals surface area contributed by atoms with E-state index in [1.807, 2.05) is 6.07 Å². The fourth-order valence-electron chi connectivity index (χ4n) is 4.55. The normalized spacial score (nSPS) is 27.6. The van der Waals surface area contributed by atoms with Gasteiger partial charge < -0.3 is 29.0 Å². The van der Waals surface area contributed by atoms with Gasteiger partial charge in [-0.3, -0.25) is 14.5 Å². The summed E-state index contributed by atoms with van der Waals surface area (Å²) < 4.78 is 21.7. The summed E-state index contributed by atoms with van der Waals surface area (Å²) in [7, 11) is 3.09. The van der Waals surface area contributed by atoms with Crippen LogP contribution in [0, 0.1) is 0 Å². The standard InChI is InChI=1S/C22H26N2O8/c1-22(2)31-15(9-17(25)32-22)7-13-11-24(21(27)28)19-18(13)23(20(19)26)10-12-5-6-14(29-3)8-16(12)30-4/h5-8,15,18-19H,9-11H2,1-4H3,(H,27,28)/t15?,18-,19+/m1/s1. The van der Waals surface area contributed by atoms with E-state index in [2.05, 4.69) is 0 Å². The number of ether oxygens (including phenoxy) is 4. The molecule has 32 heavy (non-hydrogen) atoms. The van der Waals surface area contributed by atoms with E-state index < -0.39 is 36.0 Å². The number of carbonyl (C=O) groups excluding carboxylic acids is 2. The molecule has 0 spiro atoms. The van der Waals surface area contributed by atoms with Crippen molar-refractivity contribution in [2.24, 2.45) is 0 Å². The van der Waals surface area contributed by atoms with Gasteiger partial charge >= 0.3 is 12.1 Å². The summed E-state index contributed by atoms with van der Waals surface area (Å²) in [6.07, 6.45) is 0.0527. The van der Waals surface area contributed by atoms with Crippen LogP contribution in [0.4, 0.5) is 4.79 Å². The molecule has 3 aliphatic heterocycles. The first kappa shape index (κ1) is 21.9. The molecule has 0 radical (unpaired) electrons. The van der Waals surface area contributed by atoms with Crippen LogP contribution in [-0.2, 0) is 25.6 Å². The molecule has 0 bridgehead atoms. The van der Waals surface area contributed by atoms with Gasteiger partial charge in [0.15, 0.2) is 0 Å². The Hall–Kier alpha value is -3.27. The number of likely N-dealkylation sites (tertiary alicyclic amines) is 2. The third kappa shape index (κ3) is 3.86. The second-order valence-corrected chi connectivity index (χ2v) is 8.42. The molecular formula is C22H26N2O8. The van der Waals surface area contributed by atoms with E-state index in [-0.39, 0.29) is 25.4 Å². The van der Waals surface area contributed by atoms with Crippen molar-refractivity contribution in [2.45, 2.75) is 50.8 Å². The van der Waals surface area contributed by atoms with Crippen LogP contribution in [0.25, 0.3) is 0 Å². The number of hydrogen-bond acceptors (Lipinski definition) is 7. The predicted molar refractivity (Wildman–Crippen MR) is 110 cm³/mol. The number of methoxy groups -OCH3 is 2. The maximum absolute atomic E-state index is 12.9. The van der Waals surface area contributed by atoms with Gasteiger partial charge in [-0.25, -0.2) is 4.79 Å². The van der Waals surface area contributed by atoms with Crippen molar-refractivity contribution in [2.75, 3.05) is 20.8 Å². The number of rotatable bonds is 5. The quantitative estimate of drug-likeness (QED) is 0.414. The number of benzene rings is 1. The number of esters is 1. The average Bonchev–Trinajstić information content (AvgIpc) is 3.05. The number of carboxylic acid groups (broad SMARTS) is 1. The molecule has 10 nitrogen and oxygen atoms in total. The summed E-state index contributed by atoms with van der Waals surface area (Å²) in [6, 6.07) is 4.10. The Balaban J connectivity index is 1.62. The van der Waals surface area contributed by atoms with Gasteiger partial charge in [-0.15, -0.1) is 0 Å². The SMILES string of the molecule is COc1ccc(CN2C(=O)[C@@H]3[C@H]2C(=CC2CC(=O)OC(C)(C)O2)CN3C(=O)O)c(OC)c1. The van der Waals surface area contributed by atoms with Crippen LogP contribution < -0.4 is 9.47 Å². The van der Waals surface area contributed by atoms with Crippen LogP contribution >= 0.6 is 0 Å². The van der Waals surface area contributed by atoms with E-state index in [4.69, 9.17) is 18.9 Å². The molecule has 1 unspecified atom stereocenters. The number of carbonyl (C=O) groups is 3. The smallest absolute Gasteiger partial charge is 0.408 e. The number of fused-ring (bicyclic) bond motifs is 1. The van der Waals surface area contributed by atoms with E-state index in [0.29, 0.717) is 11.5 Å². The second-order valence-electron chi connectivity index (χ2n) is 8.42. The van der Waals surface area contributed by atoms with Gasteiger partial charge in [0.2, 0.25) is 11.7 Å². The molecule has 0 saturated carbocycles. The molecular weight excluding hydrogens is 420 g/mol. The first-order valence-electron chi connectivity index (χ1n) is 10.2. The van der Waals surface area contributed by atoms with Crippen LogP contribution in [0.1, 0.15) is 25.8 Å². The van der Waals surface area contributed by atoms with Crippen LogP contribution in [-0.4, -0.2) is 77.6 Å². The maximum atomic E-state index is 12.9. The highest BCUT2D eigenvalue weighted by Gasteiger charge is 2.58. The third-order valence-electron chi connectivity index (χ3n) is 5.88. The molecule has 4 rings (SSSR count). The minimum absolute atomic E-state index is 0.0254. The summed E-state index contributed by atoms with van der Waals surface area (Å²) in [5, 5.41) is 9.61. The molecule has 0 aliphatic carbocycles. The lowest BCUT2D eigenvalue weighted by molar-refractivity contribution is -0.249. The van der Waals surface area contributed by atoms with Gasteiger partial charge in [0.1, 0.15) is 17.5 Å². The Kier molecular flexibility index (Phi) is 5.49. The highest BCUT2D eigenvalue weighted by Crippen LogP contribution is 2.40. The van der Waals surface area contributed by atoms with Crippen molar-refractivity contribution in [3.63, 3.8) is 0 Å². The Bertz CT molecular complexity index is 988. The van der Waals surface area contributed by atoms with Gasteiger partial charge in [0.05, 0.1) is 39.3 Å². The Labute approximate surface area is 185 Å². The van der Waals surface area contributed by atoms with E-state index in [1.165, 1.54) is 7.11 Å². The van der Waals surface area contributed by atoms with Crippen molar-refractivity contribution in [1.82, 2.24) is 9.80 Å². The van der Waals surface area contributed by atoms with E-state index in [1.54, 1.807) is 44.1 Å². The lowest BCUT2D eigenvalue weighted by atomic mass is 9.90. The lowest BCUT2D eigenvalue weighted by Crippen LogP contribution is -2.66. The zero-order valence-corrected chi connectivity index (χ0v) is 18.4. The Morgan fingerprint density at radius 3 is 2.62 bits per heavy atom. The fourth-order valence-corrected chi connectivity index (χ4v) is 4.55. The first-order chi connectivity index (χ1) is 15.1. The summed E-state index contributed by atoms with van der Waals surface area (Å²) in [6.45, 7) is 3.61. The van der Waals surface area contributed by atoms with Crippen LogP contribution in [0.2, 0.25) is 0 Å². The van der Waals surface area contributed by atoms with Gasteiger partial charge in [-0.1, -0.05) is 6.08 Å². The van der Waals surface area contributed by atoms with Gasteiger partial charge in [0, 0.05) is 32.0 Å². The molecule has 10 heteroatoms. The molecule has 3 aliphatic rings. The monoisotopic (exact) mass is 446 g/mol. The van der Waals surface area contributed by atoms with Crippen molar-refractivity contribution in [1.29, 1.82) is 0 Å². The predicted octanol–water partition coefficient (Wildman–Crippen LogP) is 1.77. The Morgan fingerprint density at radius 2 is 2.00 bits per heavy atom. The molecule has 1 N–H and O–H groups in total. The van der Waals surface area contributed by atoms with Crippen LogP contribution in [0.5, 0.6) is 11.5 Å². The lowest BCUT2D eigenvalue weighted by Gasteiger charge is -2.45. The van der Waals surface area contributed by atoms with Crippen molar-refractivity contribution in [3.8, 4) is 11.5 Å². The number of nitrogens with zero attached hydrogens (tertiary/aromatic N) is 2. The maximum Gasteiger partial charge on any atom is 0.408 e. The minimum Gasteiger partial charge on any atom is -0.497 e. The summed E-state index contributed by atoms with van der Waals surface area (Å²) >= 11 is 0. The first-order valence-corrected chi connectivity index (χ1v) is 10.2. The minimum atomic E-state index is -1.16. The van der Waals surface area contributed by atoms with Crippen LogP contribution in [0.3, 0.4) is 0 Å². The zero-order valence-electron chi connectivity index (χ0n) is 18.4. The van der Waals surface area contributed by atoms with Gasteiger partial charge in [-0.05, 0) is 17.7 Å². The van der Waals surface area contributed by atoms with E-state index in [9.17, 15) is 19.5 Å². The average molecular weight is 446 g/mol. The Morgan fingerprint density at radius 1 is 1.25 bits per heavy atom. The van der Waals surface area contributed by atoms with Gasteiger partial charge in [0.25, 0.3) is 0 Å². The number of β-lactam (4-membered cyclic amide) rings is 1. The van der Waals surface area contributed by atoms with Crippen molar-refractivity contribution >= 4 is 18.0 Å². The molecule has 1 aromatic rings. The van der Waals surface area contributed by atoms with Crippen molar-refractivity contribution in [3.05, 3.63) is 35.4 Å². The van der Waals surface area contributed by atoms with Crippen molar-refractivity contribution < 1.29 is 38.4 Å². The highest BCUT2D eigenvalue weighted by atomic mass is 16.7. The second kappa shape index (κ2) is 8.01. The third-order valence-corrected chi connectivity index (χ3v) is 5.88. The molecule has 0 aromatic heterocycles. The summed E-state index contributed by atoms with van der Waals surface area (Å²) in [5.41, 5.74) is 1.49. The number of cyclic esters (lactones) is 1. The molecule has 3 heterocycles. The van der Waals surface area contributed by atoms with Gasteiger partial charge in [-0.2, -0.15) is 0 Å². The molecule has 3 atom stereocenters. The zero-order chi connectivity index (χ0) is 23.2. The molecule has 2 amide bonds. The van der Waals surface area contributed by atoms with Crippen LogP contribution in [0.15, 0.2) is 29.8 Å².